The molecule has 2 aromatic rings. The van der Waals surface area contributed by atoms with E-state index in [-0.39, 0.29) is 28.4 Å². The van der Waals surface area contributed by atoms with Crippen molar-refractivity contribution in [2.75, 3.05) is 37.1 Å². The molecule has 2 aromatic carbocycles. The fourth-order valence-electron chi connectivity index (χ4n) is 4.63. The Hall–Kier alpha value is -4.32. The average Bonchev–Trinajstić information content (AvgIpc) is 3.42. The Kier molecular flexibility index (Phi) is 6.73. The third-order valence-electron chi connectivity index (χ3n) is 6.25. The number of nitrogens with zero attached hydrogens (tertiary/aromatic N) is 3. The molecule has 0 radical (unpaired) electrons. The van der Waals surface area contributed by atoms with E-state index in [1.807, 2.05) is 4.90 Å². The first-order chi connectivity index (χ1) is 16.9. The molecular formula is C26H25FN4O4. The van der Waals surface area contributed by atoms with Gasteiger partial charge >= 0.3 is 11.9 Å². The summed E-state index contributed by atoms with van der Waals surface area (Å²) >= 11 is 0. The summed E-state index contributed by atoms with van der Waals surface area (Å²) in [5.41, 5.74) is 7.27. The van der Waals surface area contributed by atoms with Gasteiger partial charge in [0.25, 0.3) is 0 Å². The minimum Gasteiger partial charge on any atom is -0.466 e. The molecule has 2 aliphatic heterocycles. The second kappa shape index (κ2) is 9.89. The number of esters is 2. The van der Waals surface area contributed by atoms with Gasteiger partial charge in [-0.3, -0.25) is 4.90 Å². The van der Waals surface area contributed by atoms with Gasteiger partial charge in [0.1, 0.15) is 17.3 Å². The third-order valence-corrected chi connectivity index (χ3v) is 6.25. The Morgan fingerprint density at radius 2 is 1.71 bits per heavy atom. The predicted molar refractivity (Wildman–Crippen MR) is 127 cm³/mol. The average molecular weight is 477 g/mol. The van der Waals surface area contributed by atoms with Crippen molar-refractivity contribution in [1.29, 1.82) is 5.26 Å². The molecule has 0 amide bonds. The lowest BCUT2D eigenvalue weighted by Crippen LogP contribution is -2.40. The van der Waals surface area contributed by atoms with E-state index >= 15 is 4.39 Å². The Labute approximate surface area is 202 Å². The zero-order valence-electron chi connectivity index (χ0n) is 19.5. The standard InChI is InChI=1S/C26H25FN4O4/c1-34-25(32)22-21(16-8-4-3-5-9-16)18(15-28)24(29)31(23(22)26(33)35-2)17-10-11-20(19(27)14-17)30-12-6-7-13-30/h3-5,8-11,14,21H,6-7,12-13,29H2,1-2H3. The molecule has 2 N–H and O–H groups in total. The van der Waals surface area contributed by atoms with E-state index in [9.17, 15) is 14.9 Å². The largest absolute Gasteiger partial charge is 0.466 e. The molecule has 0 saturated carbocycles. The number of hydrogen-bond acceptors (Lipinski definition) is 8. The number of benzene rings is 2. The first kappa shape index (κ1) is 23.8. The molecule has 0 bridgehead atoms. The SMILES string of the molecule is COC(=O)C1=C(C(=O)OC)N(c2ccc(N3CCCC3)c(F)c2)C(N)=C(C#N)C1c1ccccc1. The molecule has 2 heterocycles. The van der Waals surface area contributed by atoms with Crippen molar-refractivity contribution >= 4 is 23.3 Å². The number of hydrogen-bond donors (Lipinski definition) is 1. The zero-order chi connectivity index (χ0) is 25.1. The summed E-state index contributed by atoms with van der Waals surface area (Å²) in [5, 5.41) is 10.1. The van der Waals surface area contributed by atoms with Gasteiger partial charge < -0.3 is 20.1 Å². The highest BCUT2D eigenvalue weighted by atomic mass is 19.1. The van der Waals surface area contributed by atoms with Crippen LogP contribution in [0.5, 0.6) is 0 Å². The van der Waals surface area contributed by atoms with Crippen LogP contribution in [-0.4, -0.2) is 39.2 Å². The minimum absolute atomic E-state index is 0.0216. The lowest BCUT2D eigenvalue weighted by atomic mass is 9.81. The second-order valence-corrected chi connectivity index (χ2v) is 8.17. The Morgan fingerprint density at radius 1 is 1.06 bits per heavy atom. The number of methoxy groups -OCH3 is 2. The summed E-state index contributed by atoms with van der Waals surface area (Å²) in [4.78, 5) is 29.3. The van der Waals surface area contributed by atoms with Crippen LogP contribution in [0.25, 0.3) is 0 Å². The third kappa shape index (κ3) is 4.19. The first-order valence-electron chi connectivity index (χ1n) is 11.1. The minimum atomic E-state index is -0.979. The van der Waals surface area contributed by atoms with Gasteiger partial charge in [0.05, 0.1) is 48.7 Å². The van der Waals surface area contributed by atoms with Crippen molar-refractivity contribution in [3.8, 4) is 6.07 Å². The number of nitriles is 1. The van der Waals surface area contributed by atoms with E-state index in [0.29, 0.717) is 11.3 Å². The highest BCUT2D eigenvalue weighted by molar-refractivity contribution is 6.06. The quantitative estimate of drug-likeness (QED) is 0.655. The summed E-state index contributed by atoms with van der Waals surface area (Å²) < 4.78 is 25.2. The Morgan fingerprint density at radius 3 is 2.29 bits per heavy atom. The molecule has 0 spiro atoms. The van der Waals surface area contributed by atoms with Crippen LogP contribution < -0.4 is 15.5 Å². The smallest absolute Gasteiger partial charge is 0.355 e. The number of anilines is 2. The highest BCUT2D eigenvalue weighted by Crippen LogP contribution is 2.43. The molecule has 9 heteroatoms. The van der Waals surface area contributed by atoms with Gasteiger partial charge in [0.15, 0.2) is 0 Å². The number of rotatable bonds is 5. The number of nitrogens with two attached hydrogens (primary N) is 1. The fourth-order valence-corrected chi connectivity index (χ4v) is 4.63. The van der Waals surface area contributed by atoms with Crippen molar-refractivity contribution in [1.82, 2.24) is 0 Å². The number of halogens is 1. The number of allylic oxidation sites excluding steroid dienone is 1. The van der Waals surface area contributed by atoms with Crippen molar-refractivity contribution in [3.63, 3.8) is 0 Å². The van der Waals surface area contributed by atoms with E-state index in [0.717, 1.165) is 33.0 Å². The molecule has 0 aliphatic carbocycles. The molecular weight excluding hydrogens is 451 g/mol. The molecule has 1 unspecified atom stereocenters. The van der Waals surface area contributed by atoms with Crippen molar-refractivity contribution < 1.29 is 23.5 Å². The summed E-state index contributed by atoms with van der Waals surface area (Å²) in [6.45, 7) is 1.50. The van der Waals surface area contributed by atoms with E-state index in [1.165, 1.54) is 18.1 Å². The molecule has 1 atom stereocenters. The van der Waals surface area contributed by atoms with Gasteiger partial charge in [0.2, 0.25) is 0 Å². The summed E-state index contributed by atoms with van der Waals surface area (Å²) in [5.74, 6) is -3.31. The Balaban J connectivity index is 1.96. The van der Waals surface area contributed by atoms with Crippen LogP contribution >= 0.6 is 0 Å². The van der Waals surface area contributed by atoms with Crippen LogP contribution in [0.4, 0.5) is 15.8 Å². The van der Waals surface area contributed by atoms with Crippen LogP contribution in [0.3, 0.4) is 0 Å². The van der Waals surface area contributed by atoms with Gasteiger partial charge in [0, 0.05) is 19.2 Å². The van der Waals surface area contributed by atoms with Crippen LogP contribution in [0, 0.1) is 17.1 Å². The monoisotopic (exact) mass is 476 g/mol. The number of carbonyl (C=O) groups is 2. The maximum atomic E-state index is 15.2. The first-order valence-corrected chi connectivity index (χ1v) is 11.1. The van der Waals surface area contributed by atoms with Crippen molar-refractivity contribution in [2.45, 2.75) is 18.8 Å². The lowest BCUT2D eigenvalue weighted by molar-refractivity contribution is -0.139. The number of ether oxygens (including phenoxy) is 2. The Bertz CT molecular complexity index is 1260. The van der Waals surface area contributed by atoms with Gasteiger partial charge in [-0.05, 0) is 30.5 Å². The molecule has 1 fully saturated rings. The molecule has 4 rings (SSSR count). The van der Waals surface area contributed by atoms with E-state index in [1.54, 1.807) is 42.5 Å². The molecule has 1 saturated heterocycles. The van der Waals surface area contributed by atoms with Crippen LogP contribution in [0.15, 0.2) is 71.2 Å². The maximum Gasteiger partial charge on any atom is 0.355 e. The molecule has 0 aromatic heterocycles. The van der Waals surface area contributed by atoms with Gasteiger partial charge in [-0.15, -0.1) is 0 Å². The molecule has 8 nitrogen and oxygen atoms in total. The summed E-state index contributed by atoms with van der Waals surface area (Å²) in [7, 11) is 2.34. The predicted octanol–water partition coefficient (Wildman–Crippen LogP) is 3.32. The van der Waals surface area contributed by atoms with E-state index < -0.39 is 23.7 Å². The fraction of sp³-hybridized carbons (Fsp3) is 0.269. The van der Waals surface area contributed by atoms with Crippen molar-refractivity contribution in [2.24, 2.45) is 5.73 Å². The van der Waals surface area contributed by atoms with Crippen LogP contribution in [0.2, 0.25) is 0 Å². The lowest BCUT2D eigenvalue weighted by Gasteiger charge is -2.36. The van der Waals surface area contributed by atoms with Gasteiger partial charge in [-0.2, -0.15) is 5.26 Å². The molecule has 35 heavy (non-hydrogen) atoms. The van der Waals surface area contributed by atoms with Gasteiger partial charge in [-0.25, -0.2) is 14.0 Å². The highest BCUT2D eigenvalue weighted by Gasteiger charge is 2.43. The molecule has 180 valence electrons. The van der Waals surface area contributed by atoms with Crippen LogP contribution in [0.1, 0.15) is 24.3 Å². The summed E-state index contributed by atoms with van der Waals surface area (Å²) in [6, 6.07) is 15.2. The molecule has 2 aliphatic rings. The maximum absolute atomic E-state index is 15.2. The topological polar surface area (TPSA) is 109 Å². The van der Waals surface area contributed by atoms with E-state index in [4.69, 9.17) is 15.2 Å². The van der Waals surface area contributed by atoms with Crippen LogP contribution in [-0.2, 0) is 19.1 Å². The normalized spacial score (nSPS) is 17.9. The second-order valence-electron chi connectivity index (χ2n) is 8.17. The zero-order valence-corrected chi connectivity index (χ0v) is 19.5. The van der Waals surface area contributed by atoms with Crippen molar-refractivity contribution in [3.05, 3.63) is 82.6 Å². The van der Waals surface area contributed by atoms with Gasteiger partial charge in [-0.1, -0.05) is 30.3 Å². The van der Waals surface area contributed by atoms with E-state index in [2.05, 4.69) is 6.07 Å². The number of carbonyl (C=O) groups excluding carboxylic acids is 2. The summed E-state index contributed by atoms with van der Waals surface area (Å²) in [6.07, 6.45) is 1.96.